The number of likely N-dealkylation sites (tertiary alicyclic amines) is 1. The normalized spacial score (nSPS) is 23.4. The van der Waals surface area contributed by atoms with Gasteiger partial charge in [0.2, 0.25) is 5.91 Å². The molecule has 3 aliphatic heterocycles. The monoisotopic (exact) mass is 330 g/mol. The molecule has 0 saturated carbocycles. The molecular weight excluding hydrogens is 304 g/mol. The SMILES string of the molecule is O=C(CCN1CCc2ccccc2C1)N1CCC2(CC1)OCCO2. The first-order valence-electron chi connectivity index (χ1n) is 9.09. The van der Waals surface area contributed by atoms with Crippen molar-refractivity contribution in [3.63, 3.8) is 0 Å². The molecule has 0 unspecified atom stereocenters. The molecule has 0 radical (unpaired) electrons. The zero-order valence-electron chi connectivity index (χ0n) is 14.2. The predicted octanol–water partition coefficient (Wildman–Crippen LogP) is 1.80. The minimum atomic E-state index is -0.395. The van der Waals surface area contributed by atoms with E-state index < -0.39 is 5.79 Å². The Kier molecular flexibility index (Phi) is 4.57. The number of carbonyl (C=O) groups is 1. The summed E-state index contributed by atoms with van der Waals surface area (Å²) in [6.07, 6.45) is 3.30. The fourth-order valence-electron chi connectivity index (χ4n) is 4.04. The fraction of sp³-hybridized carbons (Fsp3) is 0.632. The molecule has 24 heavy (non-hydrogen) atoms. The lowest BCUT2D eigenvalue weighted by Gasteiger charge is -2.38. The number of hydrogen-bond acceptors (Lipinski definition) is 4. The van der Waals surface area contributed by atoms with Crippen LogP contribution < -0.4 is 0 Å². The highest BCUT2D eigenvalue weighted by Gasteiger charge is 2.40. The summed E-state index contributed by atoms with van der Waals surface area (Å²) in [6.45, 7) is 5.74. The molecule has 5 heteroatoms. The van der Waals surface area contributed by atoms with Crippen molar-refractivity contribution < 1.29 is 14.3 Å². The number of nitrogens with zero attached hydrogens (tertiary/aromatic N) is 2. The molecule has 4 rings (SSSR count). The van der Waals surface area contributed by atoms with Gasteiger partial charge in [-0.05, 0) is 17.5 Å². The van der Waals surface area contributed by atoms with Crippen molar-refractivity contribution in [2.24, 2.45) is 0 Å². The van der Waals surface area contributed by atoms with E-state index in [0.29, 0.717) is 19.6 Å². The Morgan fingerprint density at radius 2 is 1.75 bits per heavy atom. The summed E-state index contributed by atoms with van der Waals surface area (Å²) < 4.78 is 11.5. The molecule has 130 valence electrons. The summed E-state index contributed by atoms with van der Waals surface area (Å²) in [7, 11) is 0. The summed E-state index contributed by atoms with van der Waals surface area (Å²) in [5.41, 5.74) is 2.87. The lowest BCUT2D eigenvalue weighted by atomic mass is 10.00. The molecule has 1 amide bonds. The molecule has 0 bridgehead atoms. The van der Waals surface area contributed by atoms with Crippen LogP contribution in [0.2, 0.25) is 0 Å². The molecule has 0 aromatic heterocycles. The third-order valence-electron chi connectivity index (χ3n) is 5.54. The predicted molar refractivity (Wildman–Crippen MR) is 90.5 cm³/mol. The highest BCUT2D eigenvalue weighted by Crippen LogP contribution is 2.31. The van der Waals surface area contributed by atoms with E-state index in [1.54, 1.807) is 0 Å². The highest BCUT2D eigenvalue weighted by molar-refractivity contribution is 5.76. The Bertz CT molecular complexity index is 588. The second-order valence-corrected chi connectivity index (χ2v) is 7.03. The zero-order valence-corrected chi connectivity index (χ0v) is 14.2. The Morgan fingerprint density at radius 3 is 2.50 bits per heavy atom. The van der Waals surface area contributed by atoms with Crippen LogP contribution in [0.4, 0.5) is 0 Å². The maximum atomic E-state index is 12.5. The number of carbonyl (C=O) groups excluding carboxylic acids is 1. The Hall–Kier alpha value is -1.43. The van der Waals surface area contributed by atoms with Gasteiger partial charge in [0.05, 0.1) is 13.2 Å². The van der Waals surface area contributed by atoms with Crippen LogP contribution in [-0.4, -0.2) is 60.9 Å². The number of fused-ring (bicyclic) bond motifs is 1. The Balaban J connectivity index is 1.24. The summed E-state index contributed by atoms with van der Waals surface area (Å²) in [6, 6.07) is 8.63. The Labute approximate surface area is 143 Å². The molecule has 2 saturated heterocycles. The molecule has 0 N–H and O–H groups in total. The van der Waals surface area contributed by atoms with Gasteiger partial charge in [0, 0.05) is 52.0 Å². The highest BCUT2D eigenvalue weighted by atomic mass is 16.7. The lowest BCUT2D eigenvalue weighted by molar-refractivity contribution is -0.187. The van der Waals surface area contributed by atoms with Gasteiger partial charge >= 0.3 is 0 Å². The van der Waals surface area contributed by atoms with Gasteiger partial charge in [-0.1, -0.05) is 24.3 Å². The van der Waals surface area contributed by atoms with Crippen LogP contribution in [0, 0.1) is 0 Å². The molecule has 2 fully saturated rings. The van der Waals surface area contributed by atoms with Crippen LogP contribution in [0.3, 0.4) is 0 Å². The Morgan fingerprint density at radius 1 is 1.04 bits per heavy atom. The quantitative estimate of drug-likeness (QED) is 0.847. The summed E-state index contributed by atoms with van der Waals surface area (Å²) in [5, 5.41) is 0. The van der Waals surface area contributed by atoms with Gasteiger partial charge in [0.25, 0.3) is 0 Å². The summed E-state index contributed by atoms with van der Waals surface area (Å²) >= 11 is 0. The average Bonchev–Trinajstić information content (AvgIpc) is 3.08. The van der Waals surface area contributed by atoms with E-state index in [1.165, 1.54) is 11.1 Å². The van der Waals surface area contributed by atoms with Crippen molar-refractivity contribution in [2.45, 2.75) is 38.0 Å². The van der Waals surface area contributed by atoms with Crippen LogP contribution >= 0.6 is 0 Å². The number of rotatable bonds is 3. The molecule has 1 aromatic carbocycles. The zero-order chi connectivity index (χ0) is 16.4. The van der Waals surface area contributed by atoms with E-state index in [0.717, 1.165) is 52.0 Å². The van der Waals surface area contributed by atoms with Crippen molar-refractivity contribution in [3.8, 4) is 0 Å². The van der Waals surface area contributed by atoms with E-state index in [9.17, 15) is 4.79 Å². The number of ether oxygens (including phenoxy) is 2. The smallest absolute Gasteiger partial charge is 0.223 e. The minimum absolute atomic E-state index is 0.265. The van der Waals surface area contributed by atoms with E-state index in [2.05, 4.69) is 29.2 Å². The van der Waals surface area contributed by atoms with Crippen molar-refractivity contribution in [3.05, 3.63) is 35.4 Å². The lowest BCUT2D eigenvalue weighted by Crippen LogP contribution is -2.47. The van der Waals surface area contributed by atoms with Crippen molar-refractivity contribution in [1.29, 1.82) is 0 Å². The van der Waals surface area contributed by atoms with Crippen LogP contribution in [0.25, 0.3) is 0 Å². The fourth-order valence-corrected chi connectivity index (χ4v) is 4.04. The second-order valence-electron chi connectivity index (χ2n) is 7.03. The maximum absolute atomic E-state index is 12.5. The third kappa shape index (κ3) is 3.34. The largest absolute Gasteiger partial charge is 0.347 e. The average molecular weight is 330 g/mol. The first-order chi connectivity index (χ1) is 11.7. The summed E-state index contributed by atoms with van der Waals surface area (Å²) in [5.74, 6) is -0.130. The number of hydrogen-bond donors (Lipinski definition) is 0. The van der Waals surface area contributed by atoms with Gasteiger partial charge in [-0.2, -0.15) is 0 Å². The standard InChI is InChI=1S/C19H26N2O3/c22-18(21-11-7-19(8-12-21)23-13-14-24-19)6-10-20-9-5-16-3-1-2-4-17(16)15-20/h1-4H,5-15H2. The van der Waals surface area contributed by atoms with Crippen LogP contribution in [0.5, 0.6) is 0 Å². The first kappa shape index (κ1) is 16.1. The number of amides is 1. The second kappa shape index (κ2) is 6.82. The van der Waals surface area contributed by atoms with Crippen molar-refractivity contribution in [2.75, 3.05) is 39.4 Å². The van der Waals surface area contributed by atoms with Gasteiger partial charge in [-0.15, -0.1) is 0 Å². The molecular formula is C19H26N2O3. The van der Waals surface area contributed by atoms with Gasteiger partial charge in [0.1, 0.15) is 0 Å². The van der Waals surface area contributed by atoms with E-state index in [-0.39, 0.29) is 5.91 Å². The van der Waals surface area contributed by atoms with Crippen LogP contribution in [-0.2, 0) is 27.2 Å². The van der Waals surface area contributed by atoms with Gasteiger partial charge in [0.15, 0.2) is 5.79 Å². The maximum Gasteiger partial charge on any atom is 0.223 e. The van der Waals surface area contributed by atoms with E-state index >= 15 is 0 Å². The molecule has 1 aromatic rings. The molecule has 0 atom stereocenters. The van der Waals surface area contributed by atoms with E-state index in [1.807, 2.05) is 4.90 Å². The minimum Gasteiger partial charge on any atom is -0.347 e. The van der Waals surface area contributed by atoms with Gasteiger partial charge in [-0.25, -0.2) is 0 Å². The molecule has 1 spiro atoms. The summed E-state index contributed by atoms with van der Waals surface area (Å²) in [4.78, 5) is 16.9. The van der Waals surface area contributed by atoms with Crippen LogP contribution in [0.15, 0.2) is 24.3 Å². The van der Waals surface area contributed by atoms with Gasteiger partial charge < -0.3 is 14.4 Å². The molecule has 5 nitrogen and oxygen atoms in total. The van der Waals surface area contributed by atoms with Crippen LogP contribution in [0.1, 0.15) is 30.4 Å². The molecule has 3 heterocycles. The van der Waals surface area contributed by atoms with Gasteiger partial charge in [-0.3, -0.25) is 9.69 Å². The van der Waals surface area contributed by atoms with E-state index in [4.69, 9.17) is 9.47 Å². The number of benzene rings is 1. The first-order valence-corrected chi connectivity index (χ1v) is 9.09. The third-order valence-corrected chi connectivity index (χ3v) is 5.54. The molecule has 3 aliphatic rings. The number of piperidine rings is 1. The van der Waals surface area contributed by atoms with Crippen molar-refractivity contribution >= 4 is 5.91 Å². The van der Waals surface area contributed by atoms with Crippen molar-refractivity contribution in [1.82, 2.24) is 9.80 Å². The molecule has 0 aliphatic carbocycles. The topological polar surface area (TPSA) is 42.0 Å².